The van der Waals surface area contributed by atoms with Crippen molar-refractivity contribution in [1.82, 2.24) is 14.8 Å². The molecule has 0 radical (unpaired) electrons. The van der Waals surface area contributed by atoms with Crippen molar-refractivity contribution in [3.63, 3.8) is 0 Å². The van der Waals surface area contributed by atoms with Gasteiger partial charge < -0.3 is 14.8 Å². The van der Waals surface area contributed by atoms with E-state index in [9.17, 15) is 4.79 Å². The predicted molar refractivity (Wildman–Crippen MR) is 65.1 cm³/mol. The molecule has 1 N–H and O–H groups in total. The molecule has 0 unspecified atom stereocenters. The molecule has 4 nitrogen and oxygen atoms in total. The van der Waals surface area contributed by atoms with Gasteiger partial charge in [0.15, 0.2) is 0 Å². The van der Waals surface area contributed by atoms with Crippen molar-refractivity contribution in [2.75, 3.05) is 14.1 Å². The van der Waals surface area contributed by atoms with Gasteiger partial charge >= 0.3 is 0 Å². The van der Waals surface area contributed by atoms with Crippen LogP contribution < -0.4 is 5.32 Å². The number of carbonyl (C=O) groups excluding carboxylic acids is 1. The molecule has 0 bridgehead atoms. The lowest BCUT2D eigenvalue weighted by atomic mass is 10.3. The number of rotatable bonds is 5. The van der Waals surface area contributed by atoms with E-state index in [1.807, 2.05) is 22.9 Å². The largest absolute Gasteiger partial charge is 0.347 e. The van der Waals surface area contributed by atoms with Crippen LogP contribution in [0.2, 0.25) is 0 Å². The van der Waals surface area contributed by atoms with E-state index in [4.69, 9.17) is 0 Å². The van der Waals surface area contributed by atoms with Gasteiger partial charge in [-0.1, -0.05) is 13.8 Å². The summed E-state index contributed by atoms with van der Waals surface area (Å²) in [6.07, 6.45) is 1.94. The van der Waals surface area contributed by atoms with E-state index in [1.54, 1.807) is 19.0 Å². The molecule has 1 aromatic rings. The van der Waals surface area contributed by atoms with E-state index in [2.05, 4.69) is 19.2 Å². The summed E-state index contributed by atoms with van der Waals surface area (Å²) in [4.78, 5) is 13.2. The lowest BCUT2D eigenvalue weighted by molar-refractivity contribution is -0.129. The highest BCUT2D eigenvalue weighted by Crippen LogP contribution is 2.03. The van der Waals surface area contributed by atoms with E-state index >= 15 is 0 Å². The van der Waals surface area contributed by atoms with Gasteiger partial charge in [-0.3, -0.25) is 4.79 Å². The van der Waals surface area contributed by atoms with Crippen LogP contribution >= 0.6 is 0 Å². The first-order valence-corrected chi connectivity index (χ1v) is 5.58. The van der Waals surface area contributed by atoms with Gasteiger partial charge in [-0.15, -0.1) is 0 Å². The Morgan fingerprint density at radius 1 is 1.50 bits per heavy atom. The third-order valence-corrected chi connectivity index (χ3v) is 2.42. The van der Waals surface area contributed by atoms with Gasteiger partial charge in [-0.05, 0) is 12.1 Å². The van der Waals surface area contributed by atoms with Crippen molar-refractivity contribution in [3.05, 3.63) is 24.0 Å². The summed E-state index contributed by atoms with van der Waals surface area (Å²) in [6, 6.07) is 4.46. The van der Waals surface area contributed by atoms with E-state index in [1.165, 1.54) is 0 Å². The van der Waals surface area contributed by atoms with Gasteiger partial charge in [0.1, 0.15) is 6.54 Å². The maximum absolute atomic E-state index is 11.6. The summed E-state index contributed by atoms with van der Waals surface area (Å²) in [5, 5.41) is 3.35. The van der Waals surface area contributed by atoms with Crippen LogP contribution in [-0.4, -0.2) is 35.5 Å². The zero-order valence-corrected chi connectivity index (χ0v) is 10.5. The number of nitrogens with zero attached hydrogens (tertiary/aromatic N) is 2. The lowest BCUT2D eigenvalue weighted by Crippen LogP contribution is -2.28. The SMILES string of the molecule is CC(C)NCc1cccn1CC(=O)N(C)C. The Kier molecular flexibility index (Phi) is 4.55. The van der Waals surface area contributed by atoms with Crippen molar-refractivity contribution >= 4 is 5.91 Å². The fourth-order valence-corrected chi connectivity index (χ4v) is 1.36. The monoisotopic (exact) mass is 223 g/mol. The Morgan fingerprint density at radius 3 is 2.75 bits per heavy atom. The molecule has 90 valence electrons. The molecule has 1 heterocycles. The number of hydrogen-bond donors (Lipinski definition) is 1. The molecule has 1 aromatic heterocycles. The summed E-state index contributed by atoms with van der Waals surface area (Å²) in [6.45, 7) is 5.43. The average Bonchev–Trinajstić information content (AvgIpc) is 2.62. The highest BCUT2D eigenvalue weighted by Gasteiger charge is 2.07. The highest BCUT2D eigenvalue weighted by molar-refractivity contribution is 5.75. The van der Waals surface area contributed by atoms with Crippen molar-refractivity contribution in [3.8, 4) is 0 Å². The summed E-state index contributed by atoms with van der Waals surface area (Å²) in [7, 11) is 3.55. The van der Waals surface area contributed by atoms with Crippen LogP contribution in [0.3, 0.4) is 0 Å². The minimum atomic E-state index is 0.113. The van der Waals surface area contributed by atoms with E-state index < -0.39 is 0 Å². The van der Waals surface area contributed by atoms with Gasteiger partial charge in [0, 0.05) is 38.6 Å². The topological polar surface area (TPSA) is 37.3 Å². The molecule has 0 aromatic carbocycles. The zero-order valence-electron chi connectivity index (χ0n) is 10.5. The third-order valence-electron chi connectivity index (χ3n) is 2.42. The van der Waals surface area contributed by atoms with Crippen molar-refractivity contribution < 1.29 is 4.79 Å². The second-order valence-corrected chi connectivity index (χ2v) is 4.45. The van der Waals surface area contributed by atoms with Crippen LogP contribution in [0, 0.1) is 0 Å². The maximum Gasteiger partial charge on any atom is 0.241 e. The lowest BCUT2D eigenvalue weighted by Gasteiger charge is -2.14. The second kappa shape index (κ2) is 5.70. The number of nitrogens with one attached hydrogen (secondary N) is 1. The summed E-state index contributed by atoms with van der Waals surface area (Å²) in [5.74, 6) is 0.113. The zero-order chi connectivity index (χ0) is 12.1. The van der Waals surface area contributed by atoms with Gasteiger partial charge in [0.2, 0.25) is 5.91 Å². The molecule has 1 rings (SSSR count). The molecule has 0 aliphatic rings. The summed E-state index contributed by atoms with van der Waals surface area (Å²) < 4.78 is 1.98. The van der Waals surface area contributed by atoms with Gasteiger partial charge in [-0.2, -0.15) is 0 Å². The minimum absolute atomic E-state index is 0.113. The molecule has 0 spiro atoms. The average molecular weight is 223 g/mol. The molecule has 0 fully saturated rings. The maximum atomic E-state index is 11.6. The smallest absolute Gasteiger partial charge is 0.241 e. The van der Waals surface area contributed by atoms with Gasteiger partial charge in [0.25, 0.3) is 0 Å². The molecule has 0 atom stereocenters. The summed E-state index contributed by atoms with van der Waals surface area (Å²) >= 11 is 0. The first kappa shape index (κ1) is 12.8. The Labute approximate surface area is 97.2 Å². The number of amides is 1. The van der Waals surface area contributed by atoms with Crippen LogP contribution in [0.25, 0.3) is 0 Å². The quantitative estimate of drug-likeness (QED) is 0.811. The first-order chi connectivity index (χ1) is 7.50. The molecule has 0 aliphatic carbocycles. The van der Waals surface area contributed by atoms with Crippen LogP contribution in [0.4, 0.5) is 0 Å². The van der Waals surface area contributed by atoms with Crippen LogP contribution in [0.15, 0.2) is 18.3 Å². The van der Waals surface area contributed by atoms with E-state index in [-0.39, 0.29) is 5.91 Å². The number of likely N-dealkylation sites (N-methyl/N-ethyl adjacent to an activating group) is 1. The normalized spacial score (nSPS) is 10.8. The van der Waals surface area contributed by atoms with Gasteiger partial charge in [0.05, 0.1) is 0 Å². The molecular formula is C12H21N3O. The Bertz CT molecular complexity index is 342. The first-order valence-electron chi connectivity index (χ1n) is 5.58. The van der Waals surface area contributed by atoms with Crippen molar-refractivity contribution in [1.29, 1.82) is 0 Å². The molecule has 16 heavy (non-hydrogen) atoms. The minimum Gasteiger partial charge on any atom is -0.347 e. The van der Waals surface area contributed by atoms with Crippen molar-refractivity contribution in [2.45, 2.75) is 33.0 Å². The van der Waals surface area contributed by atoms with Crippen LogP contribution in [0.1, 0.15) is 19.5 Å². The number of carbonyl (C=O) groups is 1. The van der Waals surface area contributed by atoms with Crippen LogP contribution in [-0.2, 0) is 17.9 Å². The number of aromatic nitrogens is 1. The third kappa shape index (κ3) is 3.70. The Morgan fingerprint density at radius 2 is 2.19 bits per heavy atom. The molecule has 4 heteroatoms. The van der Waals surface area contributed by atoms with E-state index in [0.717, 1.165) is 12.2 Å². The van der Waals surface area contributed by atoms with E-state index in [0.29, 0.717) is 12.6 Å². The standard InChI is InChI=1S/C12H21N3O/c1-10(2)13-8-11-6-5-7-15(11)9-12(16)14(3)4/h5-7,10,13H,8-9H2,1-4H3. The highest BCUT2D eigenvalue weighted by atomic mass is 16.2. The van der Waals surface area contributed by atoms with Gasteiger partial charge in [-0.25, -0.2) is 0 Å². The Balaban J connectivity index is 2.60. The van der Waals surface area contributed by atoms with Crippen molar-refractivity contribution in [2.24, 2.45) is 0 Å². The summed E-state index contributed by atoms with van der Waals surface area (Å²) in [5.41, 5.74) is 1.14. The molecule has 0 saturated heterocycles. The fourth-order valence-electron chi connectivity index (χ4n) is 1.36. The Hall–Kier alpha value is -1.29. The molecule has 0 aliphatic heterocycles. The van der Waals surface area contributed by atoms with Crippen LogP contribution in [0.5, 0.6) is 0 Å². The molecule has 1 amide bonds. The number of hydrogen-bond acceptors (Lipinski definition) is 2. The molecular weight excluding hydrogens is 202 g/mol. The predicted octanol–water partition coefficient (Wildman–Crippen LogP) is 1.07. The second-order valence-electron chi connectivity index (χ2n) is 4.45. The fraction of sp³-hybridized carbons (Fsp3) is 0.583. The molecule has 0 saturated carbocycles.